The summed E-state index contributed by atoms with van der Waals surface area (Å²) in [5.41, 5.74) is 2.11. The van der Waals surface area contributed by atoms with Crippen molar-refractivity contribution in [3.05, 3.63) is 64.6 Å². The fraction of sp³-hybridized carbons (Fsp3) is 0.0625. The predicted octanol–water partition coefficient (Wildman–Crippen LogP) is 4.52. The van der Waals surface area contributed by atoms with Crippen molar-refractivity contribution >= 4 is 34.1 Å². The first kappa shape index (κ1) is 13.6. The number of carbonyl (C=O) groups is 1. The molecule has 0 aliphatic rings. The number of aromatic nitrogens is 1. The van der Waals surface area contributed by atoms with Crippen molar-refractivity contribution in [2.24, 2.45) is 0 Å². The highest BCUT2D eigenvalue weighted by atomic mass is 35.5. The topological polar surface area (TPSA) is 44.9 Å². The Morgan fingerprint density at radius 3 is 2.76 bits per heavy atom. The molecule has 2 N–H and O–H groups in total. The molecule has 2 aromatic carbocycles. The largest absolute Gasteiger partial charge is 0.351 e. The summed E-state index contributed by atoms with van der Waals surface area (Å²) in [6, 6.07) is 11.6. The van der Waals surface area contributed by atoms with Gasteiger partial charge >= 0.3 is 0 Å². The normalized spacial score (nSPS) is 10.8. The minimum Gasteiger partial charge on any atom is -0.351 e. The zero-order valence-corrected chi connectivity index (χ0v) is 12.0. The first-order chi connectivity index (χ1) is 10.0. The molecule has 21 heavy (non-hydrogen) atoms. The van der Waals surface area contributed by atoms with Gasteiger partial charge in [-0.2, -0.15) is 0 Å². The zero-order valence-electron chi connectivity index (χ0n) is 11.2. The summed E-state index contributed by atoms with van der Waals surface area (Å²) in [6.07, 6.45) is 0. The third-order valence-electron chi connectivity index (χ3n) is 3.20. The summed E-state index contributed by atoms with van der Waals surface area (Å²) in [7, 11) is 0. The molecule has 3 nitrogen and oxygen atoms in total. The van der Waals surface area contributed by atoms with E-state index in [1.54, 1.807) is 43.3 Å². The Morgan fingerprint density at radius 1 is 1.19 bits per heavy atom. The lowest BCUT2D eigenvalue weighted by Gasteiger charge is -2.05. The second kappa shape index (κ2) is 5.22. The molecule has 5 heteroatoms. The highest BCUT2D eigenvalue weighted by Gasteiger charge is 2.12. The molecule has 0 aliphatic heterocycles. The number of H-pyrrole nitrogens is 1. The van der Waals surface area contributed by atoms with Crippen LogP contribution in [-0.2, 0) is 0 Å². The molecule has 0 saturated heterocycles. The number of amides is 1. The summed E-state index contributed by atoms with van der Waals surface area (Å²) in [5, 5.41) is 3.98. The smallest absolute Gasteiger partial charge is 0.272 e. The summed E-state index contributed by atoms with van der Waals surface area (Å²) >= 11 is 5.91. The maximum atomic E-state index is 13.7. The first-order valence-electron chi connectivity index (χ1n) is 6.39. The standard InChI is InChI=1S/C16H12ClFN2O/c1-9-2-4-14(12(18)6-9)20-16(21)15-8-10-7-11(17)3-5-13(10)19-15/h2-8,19H,1H3,(H,20,21). The molecule has 1 heterocycles. The van der Waals surface area contributed by atoms with Gasteiger partial charge < -0.3 is 10.3 Å². The fourth-order valence-electron chi connectivity index (χ4n) is 2.14. The molecule has 0 unspecified atom stereocenters. The number of benzene rings is 2. The Hall–Kier alpha value is -2.33. The van der Waals surface area contributed by atoms with Gasteiger partial charge in [0.05, 0.1) is 5.69 Å². The van der Waals surface area contributed by atoms with Gasteiger partial charge in [0.2, 0.25) is 0 Å². The molecule has 0 radical (unpaired) electrons. The Kier molecular flexibility index (Phi) is 3.39. The van der Waals surface area contributed by atoms with E-state index in [1.165, 1.54) is 6.07 Å². The molecule has 3 rings (SSSR count). The number of carbonyl (C=O) groups excluding carboxylic acids is 1. The number of hydrogen-bond donors (Lipinski definition) is 2. The summed E-state index contributed by atoms with van der Waals surface area (Å²) in [4.78, 5) is 15.1. The van der Waals surface area contributed by atoms with Gasteiger partial charge in [-0.15, -0.1) is 0 Å². The van der Waals surface area contributed by atoms with E-state index in [9.17, 15) is 9.18 Å². The van der Waals surface area contributed by atoms with Gasteiger partial charge in [-0.1, -0.05) is 17.7 Å². The molecule has 3 aromatic rings. The van der Waals surface area contributed by atoms with E-state index in [-0.39, 0.29) is 5.69 Å². The molecule has 0 fully saturated rings. The van der Waals surface area contributed by atoms with Crippen LogP contribution in [0, 0.1) is 12.7 Å². The van der Waals surface area contributed by atoms with E-state index >= 15 is 0 Å². The fourth-order valence-corrected chi connectivity index (χ4v) is 2.32. The van der Waals surface area contributed by atoms with Crippen LogP contribution >= 0.6 is 11.6 Å². The molecule has 1 aromatic heterocycles. The maximum absolute atomic E-state index is 13.7. The number of halogens is 2. The van der Waals surface area contributed by atoms with E-state index in [2.05, 4.69) is 10.3 Å². The van der Waals surface area contributed by atoms with Crippen molar-refractivity contribution in [2.45, 2.75) is 6.92 Å². The summed E-state index contributed by atoms with van der Waals surface area (Å²) < 4.78 is 13.7. The van der Waals surface area contributed by atoms with Gasteiger partial charge in [0.25, 0.3) is 5.91 Å². The lowest BCUT2D eigenvalue weighted by Crippen LogP contribution is -2.13. The highest BCUT2D eigenvalue weighted by Crippen LogP contribution is 2.21. The van der Waals surface area contributed by atoms with Gasteiger partial charge in [-0.3, -0.25) is 4.79 Å². The number of rotatable bonds is 2. The molecule has 0 saturated carbocycles. The van der Waals surface area contributed by atoms with Crippen molar-refractivity contribution in [2.75, 3.05) is 5.32 Å². The maximum Gasteiger partial charge on any atom is 0.272 e. The minimum absolute atomic E-state index is 0.155. The van der Waals surface area contributed by atoms with Crippen LogP contribution < -0.4 is 5.32 Å². The van der Waals surface area contributed by atoms with Crippen molar-refractivity contribution in [1.29, 1.82) is 0 Å². The molecule has 0 aliphatic carbocycles. The summed E-state index contributed by atoms with van der Waals surface area (Å²) in [6.45, 7) is 1.79. The third kappa shape index (κ3) is 2.76. The molecule has 106 valence electrons. The van der Waals surface area contributed by atoms with Gasteiger partial charge in [-0.05, 0) is 48.9 Å². The quantitative estimate of drug-likeness (QED) is 0.718. The van der Waals surface area contributed by atoms with Crippen LogP contribution in [0.1, 0.15) is 16.1 Å². The van der Waals surface area contributed by atoms with Crippen molar-refractivity contribution in [3.8, 4) is 0 Å². The van der Waals surface area contributed by atoms with Crippen LogP contribution in [0.3, 0.4) is 0 Å². The number of hydrogen-bond acceptors (Lipinski definition) is 1. The molecular weight excluding hydrogens is 291 g/mol. The van der Waals surface area contributed by atoms with Crippen molar-refractivity contribution in [1.82, 2.24) is 4.98 Å². The SMILES string of the molecule is Cc1ccc(NC(=O)c2cc3cc(Cl)ccc3[nH]2)c(F)c1. The lowest BCUT2D eigenvalue weighted by atomic mass is 10.2. The van der Waals surface area contributed by atoms with Crippen LogP contribution in [0.4, 0.5) is 10.1 Å². The molecule has 1 amide bonds. The minimum atomic E-state index is -0.456. The lowest BCUT2D eigenvalue weighted by molar-refractivity contribution is 0.102. The molecule has 0 spiro atoms. The molecule has 0 bridgehead atoms. The Balaban J connectivity index is 1.89. The third-order valence-corrected chi connectivity index (χ3v) is 3.44. The van der Waals surface area contributed by atoms with Gasteiger partial charge in [-0.25, -0.2) is 4.39 Å². The average Bonchev–Trinajstić information content (AvgIpc) is 2.85. The Morgan fingerprint density at radius 2 is 2.00 bits per heavy atom. The summed E-state index contributed by atoms with van der Waals surface area (Å²) in [5.74, 6) is -0.854. The second-order valence-corrected chi connectivity index (χ2v) is 5.29. The number of aryl methyl sites for hydroxylation is 1. The van der Waals surface area contributed by atoms with Crippen LogP contribution in [0.5, 0.6) is 0 Å². The first-order valence-corrected chi connectivity index (χ1v) is 6.76. The van der Waals surface area contributed by atoms with Gasteiger partial charge in [0, 0.05) is 15.9 Å². The predicted molar refractivity (Wildman–Crippen MR) is 82.4 cm³/mol. The van der Waals surface area contributed by atoms with E-state index in [0.717, 1.165) is 16.5 Å². The number of fused-ring (bicyclic) bond motifs is 1. The van der Waals surface area contributed by atoms with Crippen LogP contribution in [0.15, 0.2) is 42.5 Å². The average molecular weight is 303 g/mol. The molecule has 0 atom stereocenters. The van der Waals surface area contributed by atoms with E-state index in [4.69, 9.17) is 11.6 Å². The van der Waals surface area contributed by atoms with Crippen LogP contribution in [0.2, 0.25) is 5.02 Å². The van der Waals surface area contributed by atoms with E-state index in [0.29, 0.717) is 10.7 Å². The monoisotopic (exact) mass is 302 g/mol. The zero-order chi connectivity index (χ0) is 15.0. The number of aromatic amines is 1. The Bertz CT molecular complexity index is 841. The highest BCUT2D eigenvalue weighted by molar-refractivity contribution is 6.31. The van der Waals surface area contributed by atoms with Crippen molar-refractivity contribution < 1.29 is 9.18 Å². The Labute approximate surface area is 125 Å². The van der Waals surface area contributed by atoms with Crippen molar-refractivity contribution in [3.63, 3.8) is 0 Å². The van der Waals surface area contributed by atoms with Gasteiger partial charge in [0.1, 0.15) is 11.5 Å². The number of nitrogens with one attached hydrogen (secondary N) is 2. The number of anilines is 1. The van der Waals surface area contributed by atoms with Crippen LogP contribution in [0.25, 0.3) is 10.9 Å². The molecular formula is C16H12ClFN2O. The van der Waals surface area contributed by atoms with Gasteiger partial charge in [0.15, 0.2) is 0 Å². The van der Waals surface area contributed by atoms with E-state index in [1.807, 2.05) is 0 Å². The van der Waals surface area contributed by atoms with Crippen LogP contribution in [-0.4, -0.2) is 10.9 Å². The second-order valence-electron chi connectivity index (χ2n) is 4.85. The van der Waals surface area contributed by atoms with E-state index < -0.39 is 11.7 Å².